The lowest BCUT2D eigenvalue weighted by molar-refractivity contribution is 0.124. The second-order valence-corrected chi connectivity index (χ2v) is 5.14. The Balaban J connectivity index is 1.71. The zero-order valence-electron chi connectivity index (χ0n) is 10.5. The third-order valence-corrected chi connectivity index (χ3v) is 3.84. The van der Waals surface area contributed by atoms with Crippen LogP contribution in [0.25, 0.3) is 0 Å². The van der Waals surface area contributed by atoms with Crippen LogP contribution in [0, 0.1) is 6.92 Å². The van der Waals surface area contributed by atoms with Gasteiger partial charge in [-0.25, -0.2) is 4.98 Å². The van der Waals surface area contributed by atoms with E-state index < -0.39 is 0 Å². The zero-order valence-corrected chi connectivity index (χ0v) is 11.3. The molecule has 18 heavy (non-hydrogen) atoms. The Bertz CT molecular complexity index is 470. The van der Waals surface area contributed by atoms with Gasteiger partial charge < -0.3 is 10.5 Å². The zero-order chi connectivity index (χ0) is 12.8. The SMILES string of the molecule is Cc1ncsc1CCOCC(N)c1ccccc1. The van der Waals surface area contributed by atoms with Gasteiger partial charge in [0.15, 0.2) is 0 Å². The highest BCUT2D eigenvalue weighted by Crippen LogP contribution is 2.13. The monoisotopic (exact) mass is 262 g/mol. The van der Waals surface area contributed by atoms with Crippen molar-refractivity contribution in [3.8, 4) is 0 Å². The molecule has 0 saturated carbocycles. The lowest BCUT2D eigenvalue weighted by atomic mass is 10.1. The van der Waals surface area contributed by atoms with Crippen molar-refractivity contribution in [2.45, 2.75) is 19.4 Å². The van der Waals surface area contributed by atoms with E-state index in [0.717, 1.165) is 17.7 Å². The topological polar surface area (TPSA) is 48.1 Å². The highest BCUT2D eigenvalue weighted by atomic mass is 32.1. The molecule has 0 aliphatic carbocycles. The fraction of sp³-hybridized carbons (Fsp3) is 0.357. The number of nitrogens with two attached hydrogens (primary N) is 1. The van der Waals surface area contributed by atoms with Crippen LogP contribution in [0.2, 0.25) is 0 Å². The highest BCUT2D eigenvalue weighted by Gasteiger charge is 2.06. The van der Waals surface area contributed by atoms with Gasteiger partial charge in [0.25, 0.3) is 0 Å². The van der Waals surface area contributed by atoms with Crippen molar-refractivity contribution in [1.82, 2.24) is 4.98 Å². The minimum absolute atomic E-state index is 0.0474. The maximum absolute atomic E-state index is 6.05. The predicted molar refractivity (Wildman–Crippen MR) is 74.7 cm³/mol. The molecular weight excluding hydrogens is 244 g/mol. The Morgan fingerprint density at radius 2 is 2.11 bits per heavy atom. The normalized spacial score (nSPS) is 12.6. The molecule has 0 fully saturated rings. The molecule has 2 rings (SSSR count). The summed E-state index contributed by atoms with van der Waals surface area (Å²) in [6.45, 7) is 3.28. The number of benzene rings is 1. The van der Waals surface area contributed by atoms with E-state index in [4.69, 9.17) is 10.5 Å². The lowest BCUT2D eigenvalue weighted by Gasteiger charge is -2.12. The first kappa shape index (κ1) is 13.2. The second-order valence-electron chi connectivity index (χ2n) is 4.20. The third-order valence-electron chi connectivity index (χ3n) is 2.84. The van der Waals surface area contributed by atoms with Gasteiger partial charge in [-0.05, 0) is 12.5 Å². The van der Waals surface area contributed by atoms with Gasteiger partial charge in [-0.2, -0.15) is 0 Å². The van der Waals surface area contributed by atoms with Crippen molar-refractivity contribution in [3.05, 3.63) is 52.0 Å². The molecule has 1 aromatic carbocycles. The molecule has 0 amide bonds. The average Bonchev–Trinajstić information content (AvgIpc) is 2.81. The summed E-state index contributed by atoms with van der Waals surface area (Å²) in [7, 11) is 0. The molecule has 96 valence electrons. The fourth-order valence-electron chi connectivity index (χ4n) is 1.74. The summed E-state index contributed by atoms with van der Waals surface area (Å²) in [5, 5.41) is 0. The van der Waals surface area contributed by atoms with Gasteiger partial charge in [-0.3, -0.25) is 0 Å². The van der Waals surface area contributed by atoms with E-state index in [-0.39, 0.29) is 6.04 Å². The molecule has 0 bridgehead atoms. The van der Waals surface area contributed by atoms with Gasteiger partial charge >= 0.3 is 0 Å². The van der Waals surface area contributed by atoms with Crippen molar-refractivity contribution in [2.24, 2.45) is 5.73 Å². The molecule has 3 nitrogen and oxygen atoms in total. The molecule has 4 heteroatoms. The van der Waals surface area contributed by atoms with Gasteiger partial charge in [0.1, 0.15) is 0 Å². The predicted octanol–water partition coefficient (Wildman–Crippen LogP) is 2.71. The van der Waals surface area contributed by atoms with Gasteiger partial charge in [-0.15, -0.1) is 11.3 Å². The molecule has 1 heterocycles. The number of aromatic nitrogens is 1. The molecular formula is C14H18N2OS. The van der Waals surface area contributed by atoms with Crippen LogP contribution >= 0.6 is 11.3 Å². The Morgan fingerprint density at radius 1 is 1.33 bits per heavy atom. The number of aryl methyl sites for hydroxylation is 1. The number of hydrogen-bond donors (Lipinski definition) is 1. The van der Waals surface area contributed by atoms with E-state index in [1.54, 1.807) is 11.3 Å². The van der Waals surface area contributed by atoms with Crippen LogP contribution < -0.4 is 5.73 Å². The fourth-order valence-corrected chi connectivity index (χ4v) is 2.50. The van der Waals surface area contributed by atoms with Crippen molar-refractivity contribution in [2.75, 3.05) is 13.2 Å². The van der Waals surface area contributed by atoms with Crippen molar-refractivity contribution in [3.63, 3.8) is 0 Å². The standard InChI is InChI=1S/C14H18N2OS/c1-11-14(18-10-16-11)7-8-17-9-13(15)12-5-3-2-4-6-12/h2-6,10,13H,7-9,15H2,1H3. The molecule has 0 aliphatic rings. The minimum Gasteiger partial charge on any atom is -0.379 e. The van der Waals surface area contributed by atoms with Crippen LogP contribution in [0.5, 0.6) is 0 Å². The maximum atomic E-state index is 6.05. The molecule has 2 aromatic rings. The van der Waals surface area contributed by atoms with E-state index in [2.05, 4.69) is 4.98 Å². The van der Waals surface area contributed by atoms with Crippen LogP contribution in [0.1, 0.15) is 22.2 Å². The molecule has 1 unspecified atom stereocenters. The Hall–Kier alpha value is -1.23. The number of ether oxygens (including phenoxy) is 1. The molecule has 2 N–H and O–H groups in total. The van der Waals surface area contributed by atoms with Gasteiger partial charge in [-0.1, -0.05) is 30.3 Å². The van der Waals surface area contributed by atoms with Crippen molar-refractivity contribution in [1.29, 1.82) is 0 Å². The van der Waals surface area contributed by atoms with E-state index in [9.17, 15) is 0 Å². The summed E-state index contributed by atoms with van der Waals surface area (Å²) in [6.07, 6.45) is 0.915. The van der Waals surface area contributed by atoms with E-state index in [1.807, 2.05) is 42.8 Å². The van der Waals surface area contributed by atoms with Crippen LogP contribution in [0.3, 0.4) is 0 Å². The van der Waals surface area contributed by atoms with Crippen molar-refractivity contribution < 1.29 is 4.74 Å². The number of rotatable bonds is 6. The van der Waals surface area contributed by atoms with E-state index >= 15 is 0 Å². The van der Waals surface area contributed by atoms with Gasteiger partial charge in [0.2, 0.25) is 0 Å². The average molecular weight is 262 g/mol. The summed E-state index contributed by atoms with van der Waals surface area (Å²) < 4.78 is 5.63. The maximum Gasteiger partial charge on any atom is 0.0797 e. The lowest BCUT2D eigenvalue weighted by Crippen LogP contribution is -2.17. The Morgan fingerprint density at radius 3 is 2.78 bits per heavy atom. The first-order valence-electron chi connectivity index (χ1n) is 6.04. The van der Waals surface area contributed by atoms with Crippen LogP contribution in [0.15, 0.2) is 35.8 Å². The molecule has 0 radical (unpaired) electrons. The summed E-state index contributed by atoms with van der Waals surface area (Å²) in [5.74, 6) is 0. The first-order chi connectivity index (χ1) is 8.77. The van der Waals surface area contributed by atoms with Crippen molar-refractivity contribution >= 4 is 11.3 Å². The Kier molecular flexibility index (Phi) is 4.87. The minimum atomic E-state index is -0.0474. The first-order valence-corrected chi connectivity index (χ1v) is 6.92. The van der Waals surface area contributed by atoms with E-state index in [1.165, 1.54) is 4.88 Å². The van der Waals surface area contributed by atoms with Crippen LogP contribution in [-0.4, -0.2) is 18.2 Å². The molecule has 0 spiro atoms. The molecule has 1 aromatic heterocycles. The quantitative estimate of drug-likeness (QED) is 0.814. The van der Waals surface area contributed by atoms with Crippen LogP contribution in [0.4, 0.5) is 0 Å². The molecule has 0 saturated heterocycles. The molecule has 1 atom stereocenters. The summed E-state index contributed by atoms with van der Waals surface area (Å²) in [6, 6.07) is 9.99. The summed E-state index contributed by atoms with van der Waals surface area (Å²) >= 11 is 1.68. The molecule has 0 aliphatic heterocycles. The number of nitrogens with zero attached hydrogens (tertiary/aromatic N) is 1. The summed E-state index contributed by atoms with van der Waals surface area (Å²) in [5.41, 5.74) is 10.1. The highest BCUT2D eigenvalue weighted by molar-refractivity contribution is 7.09. The summed E-state index contributed by atoms with van der Waals surface area (Å²) in [4.78, 5) is 5.51. The third kappa shape index (κ3) is 3.63. The number of thiazole rings is 1. The largest absolute Gasteiger partial charge is 0.379 e. The Labute approximate surface area is 112 Å². The van der Waals surface area contributed by atoms with Gasteiger partial charge in [0, 0.05) is 11.3 Å². The second kappa shape index (κ2) is 6.64. The van der Waals surface area contributed by atoms with E-state index in [0.29, 0.717) is 13.2 Å². The van der Waals surface area contributed by atoms with Crippen LogP contribution in [-0.2, 0) is 11.2 Å². The smallest absolute Gasteiger partial charge is 0.0797 e. The number of hydrogen-bond acceptors (Lipinski definition) is 4. The van der Waals surface area contributed by atoms with Gasteiger partial charge in [0.05, 0.1) is 30.5 Å².